The van der Waals surface area contributed by atoms with Crippen molar-refractivity contribution in [2.75, 3.05) is 0 Å². The molecule has 0 fully saturated rings. The van der Waals surface area contributed by atoms with E-state index in [1.165, 1.54) is 16.7 Å². The molecule has 1 aliphatic rings. The van der Waals surface area contributed by atoms with Crippen LogP contribution in [0.2, 0.25) is 0 Å². The average molecular weight is 186 g/mol. The van der Waals surface area contributed by atoms with Crippen molar-refractivity contribution in [2.45, 2.75) is 20.3 Å². The van der Waals surface area contributed by atoms with E-state index in [1.54, 1.807) is 0 Å². The zero-order valence-corrected chi connectivity index (χ0v) is 9.09. The highest BCUT2D eigenvalue weighted by atomic mass is 14.2. The molecular weight excluding hydrogens is 168 g/mol. The van der Waals surface area contributed by atoms with Crippen LogP contribution in [0.4, 0.5) is 0 Å². The van der Waals surface area contributed by atoms with Crippen molar-refractivity contribution in [3.05, 3.63) is 60.3 Å². The van der Waals surface area contributed by atoms with Crippen LogP contribution in [0.15, 0.2) is 60.3 Å². The molecule has 0 spiro atoms. The lowest BCUT2D eigenvalue weighted by atomic mass is 9.83. The standard InChI is InChI=1S/C14H18/c1-5-7-8-14-10-13(6-2)11(3)9-12(14)4/h5-8,10-11H,2,4,9H2,1,3H3/b7-5-,14-8-. The van der Waals surface area contributed by atoms with Crippen LogP contribution < -0.4 is 0 Å². The first-order valence-electron chi connectivity index (χ1n) is 5.04. The maximum Gasteiger partial charge on any atom is -0.0150 e. The van der Waals surface area contributed by atoms with Gasteiger partial charge in [0, 0.05) is 0 Å². The first kappa shape index (κ1) is 10.8. The van der Waals surface area contributed by atoms with Gasteiger partial charge in [-0.2, -0.15) is 0 Å². The Hall–Kier alpha value is -1.30. The Bertz CT molecular complexity index is 324. The second-order valence-electron chi connectivity index (χ2n) is 3.70. The highest BCUT2D eigenvalue weighted by molar-refractivity contribution is 5.48. The van der Waals surface area contributed by atoms with Gasteiger partial charge in [-0.25, -0.2) is 0 Å². The highest BCUT2D eigenvalue weighted by Gasteiger charge is 2.15. The summed E-state index contributed by atoms with van der Waals surface area (Å²) in [6.07, 6.45) is 11.4. The van der Waals surface area contributed by atoms with Crippen LogP contribution in [0.3, 0.4) is 0 Å². The molecular formula is C14H18. The molecule has 0 aromatic heterocycles. The first-order valence-corrected chi connectivity index (χ1v) is 5.04. The zero-order chi connectivity index (χ0) is 10.6. The third-order valence-corrected chi connectivity index (χ3v) is 2.56. The van der Waals surface area contributed by atoms with E-state index in [1.807, 2.05) is 25.2 Å². The minimum absolute atomic E-state index is 0.558. The molecule has 14 heavy (non-hydrogen) atoms. The molecule has 0 aliphatic heterocycles. The summed E-state index contributed by atoms with van der Waals surface area (Å²) in [5, 5.41) is 0. The van der Waals surface area contributed by atoms with E-state index < -0.39 is 0 Å². The monoisotopic (exact) mass is 186 g/mol. The van der Waals surface area contributed by atoms with E-state index in [2.05, 4.69) is 32.2 Å². The van der Waals surface area contributed by atoms with Crippen LogP contribution in [-0.4, -0.2) is 0 Å². The number of rotatable bonds is 2. The van der Waals surface area contributed by atoms with Gasteiger partial charge in [0.05, 0.1) is 0 Å². The molecule has 1 atom stereocenters. The van der Waals surface area contributed by atoms with Crippen molar-refractivity contribution in [2.24, 2.45) is 5.92 Å². The summed E-state index contributed by atoms with van der Waals surface area (Å²) in [6.45, 7) is 12.1. The Morgan fingerprint density at radius 1 is 1.50 bits per heavy atom. The summed E-state index contributed by atoms with van der Waals surface area (Å²) < 4.78 is 0. The molecule has 0 saturated carbocycles. The minimum atomic E-state index is 0.558. The van der Waals surface area contributed by atoms with Crippen molar-refractivity contribution in [3.8, 4) is 0 Å². The topological polar surface area (TPSA) is 0 Å². The Kier molecular flexibility index (Phi) is 3.70. The van der Waals surface area contributed by atoms with E-state index in [-0.39, 0.29) is 0 Å². The van der Waals surface area contributed by atoms with Gasteiger partial charge in [-0.3, -0.25) is 0 Å². The maximum absolute atomic E-state index is 4.09. The van der Waals surface area contributed by atoms with Crippen LogP contribution in [-0.2, 0) is 0 Å². The smallest absolute Gasteiger partial charge is 0.0150 e. The van der Waals surface area contributed by atoms with E-state index in [4.69, 9.17) is 0 Å². The molecule has 0 radical (unpaired) electrons. The fourth-order valence-corrected chi connectivity index (χ4v) is 1.66. The van der Waals surface area contributed by atoms with E-state index in [0.29, 0.717) is 5.92 Å². The molecule has 0 N–H and O–H groups in total. The van der Waals surface area contributed by atoms with Gasteiger partial charge in [-0.15, -0.1) is 0 Å². The third kappa shape index (κ3) is 2.35. The van der Waals surface area contributed by atoms with Crippen LogP contribution in [0.5, 0.6) is 0 Å². The molecule has 0 heteroatoms. The van der Waals surface area contributed by atoms with Gasteiger partial charge in [0.15, 0.2) is 0 Å². The average Bonchev–Trinajstić information content (AvgIpc) is 2.17. The Morgan fingerprint density at radius 2 is 2.21 bits per heavy atom. The lowest BCUT2D eigenvalue weighted by Gasteiger charge is -2.21. The minimum Gasteiger partial charge on any atom is -0.0988 e. The van der Waals surface area contributed by atoms with E-state index in [0.717, 1.165) is 6.42 Å². The maximum atomic E-state index is 4.09. The predicted molar refractivity (Wildman–Crippen MR) is 64.1 cm³/mol. The van der Waals surface area contributed by atoms with Crippen LogP contribution in [0.25, 0.3) is 0 Å². The van der Waals surface area contributed by atoms with E-state index >= 15 is 0 Å². The van der Waals surface area contributed by atoms with Crippen LogP contribution in [0.1, 0.15) is 20.3 Å². The van der Waals surface area contributed by atoms with Crippen molar-refractivity contribution in [1.82, 2.24) is 0 Å². The van der Waals surface area contributed by atoms with Crippen molar-refractivity contribution < 1.29 is 0 Å². The van der Waals surface area contributed by atoms with Gasteiger partial charge >= 0.3 is 0 Å². The second kappa shape index (κ2) is 4.80. The molecule has 1 unspecified atom stereocenters. The highest BCUT2D eigenvalue weighted by Crippen LogP contribution is 2.31. The van der Waals surface area contributed by atoms with Crippen molar-refractivity contribution >= 4 is 0 Å². The Balaban J connectivity index is 3.01. The quantitative estimate of drug-likeness (QED) is 0.606. The summed E-state index contributed by atoms with van der Waals surface area (Å²) in [5.41, 5.74) is 3.77. The molecule has 0 amide bonds. The summed E-state index contributed by atoms with van der Waals surface area (Å²) in [7, 11) is 0. The van der Waals surface area contributed by atoms with Gasteiger partial charge in [-0.05, 0) is 36.0 Å². The summed E-state index contributed by atoms with van der Waals surface area (Å²) in [4.78, 5) is 0. The summed E-state index contributed by atoms with van der Waals surface area (Å²) in [5.74, 6) is 0.558. The van der Waals surface area contributed by atoms with Crippen LogP contribution >= 0.6 is 0 Å². The molecule has 0 aromatic rings. The lowest BCUT2D eigenvalue weighted by molar-refractivity contribution is 0.680. The number of hydrogen-bond acceptors (Lipinski definition) is 0. The zero-order valence-electron chi connectivity index (χ0n) is 9.09. The second-order valence-corrected chi connectivity index (χ2v) is 3.70. The number of allylic oxidation sites excluding steroid dienone is 8. The predicted octanol–water partition coefficient (Wildman–Crippen LogP) is 4.20. The van der Waals surface area contributed by atoms with Crippen molar-refractivity contribution in [3.63, 3.8) is 0 Å². The fraction of sp³-hybridized carbons (Fsp3) is 0.286. The molecule has 0 bridgehead atoms. The molecule has 74 valence electrons. The third-order valence-electron chi connectivity index (χ3n) is 2.56. The largest absolute Gasteiger partial charge is 0.0988 e. The molecule has 0 aromatic carbocycles. The molecule has 0 nitrogen and oxygen atoms in total. The molecule has 1 rings (SSSR count). The Labute approximate surface area is 87.0 Å². The van der Waals surface area contributed by atoms with E-state index in [9.17, 15) is 0 Å². The molecule has 0 heterocycles. The molecule has 0 saturated heterocycles. The van der Waals surface area contributed by atoms with Gasteiger partial charge in [-0.1, -0.05) is 50.5 Å². The van der Waals surface area contributed by atoms with Gasteiger partial charge in [0.2, 0.25) is 0 Å². The fourth-order valence-electron chi connectivity index (χ4n) is 1.66. The first-order chi connectivity index (χ1) is 6.69. The van der Waals surface area contributed by atoms with Crippen molar-refractivity contribution in [1.29, 1.82) is 0 Å². The molecule has 1 aliphatic carbocycles. The van der Waals surface area contributed by atoms with Crippen LogP contribution in [0, 0.1) is 5.92 Å². The number of hydrogen-bond donors (Lipinski definition) is 0. The summed E-state index contributed by atoms with van der Waals surface area (Å²) >= 11 is 0. The van der Waals surface area contributed by atoms with Gasteiger partial charge in [0.25, 0.3) is 0 Å². The van der Waals surface area contributed by atoms with Gasteiger partial charge < -0.3 is 0 Å². The van der Waals surface area contributed by atoms with Gasteiger partial charge in [0.1, 0.15) is 0 Å². The Morgan fingerprint density at radius 3 is 2.79 bits per heavy atom. The summed E-state index contributed by atoms with van der Waals surface area (Å²) in [6, 6.07) is 0. The lowest BCUT2D eigenvalue weighted by Crippen LogP contribution is -2.06. The SMILES string of the molecule is C=CC1=C/C(=C/C=C\C)C(=C)CC1C. The normalized spacial score (nSPS) is 25.6.